The maximum atomic E-state index is 15.6. The monoisotopic (exact) mass is 668 g/mol. The number of nitrogens with one attached hydrogen (secondary N) is 1. The van der Waals surface area contributed by atoms with Crippen molar-refractivity contribution in [3.8, 4) is 11.5 Å². The molecule has 0 unspecified atom stereocenters. The molecule has 1 aliphatic carbocycles. The van der Waals surface area contributed by atoms with E-state index in [1.165, 1.54) is 41.7 Å². The summed E-state index contributed by atoms with van der Waals surface area (Å²) in [5.41, 5.74) is 8.81. The van der Waals surface area contributed by atoms with Crippen molar-refractivity contribution in [1.29, 1.82) is 0 Å². The van der Waals surface area contributed by atoms with Crippen LogP contribution < -0.4 is 20.7 Å². The molecule has 0 atom stereocenters. The Labute approximate surface area is 259 Å². The van der Waals surface area contributed by atoms with Gasteiger partial charge >= 0.3 is 130 Å². The third kappa shape index (κ3) is 7.19. The molecule has 10 nitrogen and oxygen atoms in total. The van der Waals surface area contributed by atoms with E-state index in [1.807, 2.05) is 0 Å². The Bertz CT molecular complexity index is 1530. The number of primary amides is 1. The molecule has 1 aromatic heterocycles. The molecule has 2 aliphatic rings. The van der Waals surface area contributed by atoms with Gasteiger partial charge in [0.2, 0.25) is 11.8 Å². The number of anilines is 3. The number of carbonyl (C=O) groups excluding carboxylic acids is 3. The van der Waals surface area contributed by atoms with Crippen molar-refractivity contribution >= 4 is 49.7 Å². The van der Waals surface area contributed by atoms with Crippen molar-refractivity contribution in [2.24, 2.45) is 11.1 Å². The summed E-state index contributed by atoms with van der Waals surface area (Å²) in [5.74, 6) is -2.10. The van der Waals surface area contributed by atoms with Gasteiger partial charge in [0.15, 0.2) is 5.82 Å². The van der Waals surface area contributed by atoms with Crippen molar-refractivity contribution in [3.63, 3.8) is 0 Å². The Kier molecular flexibility index (Phi) is 9.50. The number of ether oxygens (including phenoxy) is 1. The second-order valence-electron chi connectivity index (χ2n) is 11.2. The van der Waals surface area contributed by atoms with Crippen LogP contribution in [0.4, 0.5) is 30.8 Å². The summed E-state index contributed by atoms with van der Waals surface area (Å²) in [6.07, 6.45) is 1.97. The molecular formula is C31H35AsF2N6O4. The molecule has 2 fully saturated rings. The number of pyridine rings is 1. The predicted molar refractivity (Wildman–Crippen MR) is 164 cm³/mol. The maximum absolute atomic E-state index is 15.6. The van der Waals surface area contributed by atoms with Crippen molar-refractivity contribution in [1.82, 2.24) is 14.8 Å². The van der Waals surface area contributed by atoms with Gasteiger partial charge in [-0.25, -0.2) is 8.78 Å². The number of nitrogens with zero attached hydrogens (tertiary/aromatic N) is 4. The van der Waals surface area contributed by atoms with Gasteiger partial charge in [0.25, 0.3) is 0 Å². The topological polar surface area (TPSA) is 121 Å². The number of piperazine rings is 1. The van der Waals surface area contributed by atoms with E-state index in [-0.39, 0.29) is 41.8 Å². The van der Waals surface area contributed by atoms with Gasteiger partial charge < -0.3 is 5.73 Å². The summed E-state index contributed by atoms with van der Waals surface area (Å²) < 4.78 is 35.0. The summed E-state index contributed by atoms with van der Waals surface area (Å²) in [7, 11) is 0. The van der Waals surface area contributed by atoms with E-state index in [1.54, 1.807) is 11.0 Å². The van der Waals surface area contributed by atoms with Crippen LogP contribution >= 0.6 is 0 Å². The van der Waals surface area contributed by atoms with Gasteiger partial charge in [-0.1, -0.05) is 0 Å². The van der Waals surface area contributed by atoms with E-state index in [0.29, 0.717) is 18.8 Å². The van der Waals surface area contributed by atoms with Gasteiger partial charge in [0.05, 0.1) is 5.69 Å². The van der Waals surface area contributed by atoms with Crippen LogP contribution in [0.15, 0.2) is 60.8 Å². The fourth-order valence-corrected chi connectivity index (χ4v) is 6.41. The molecule has 232 valence electrons. The van der Waals surface area contributed by atoms with Crippen LogP contribution in [-0.2, 0) is 9.59 Å². The van der Waals surface area contributed by atoms with E-state index in [2.05, 4.69) is 26.6 Å². The quantitative estimate of drug-likeness (QED) is 0.232. The SMILES string of the molecule is C[As](C)CCN1CCN(C(=O)Nc2cc(Oc3ccc(N(C(=O)C4(C(N)=O)CC4)c4ccc(F)cc4)c(F)c3)ccn2)CC1. The second kappa shape index (κ2) is 13.3. The van der Waals surface area contributed by atoms with Gasteiger partial charge in [0, 0.05) is 11.8 Å². The molecule has 1 aliphatic heterocycles. The molecule has 2 heterocycles. The summed E-state index contributed by atoms with van der Waals surface area (Å²) >= 11 is -0.672. The van der Waals surface area contributed by atoms with E-state index < -0.39 is 43.5 Å². The zero-order chi connectivity index (χ0) is 31.4. The van der Waals surface area contributed by atoms with E-state index >= 15 is 4.39 Å². The third-order valence-corrected chi connectivity index (χ3v) is 10.1. The first-order chi connectivity index (χ1) is 21.1. The van der Waals surface area contributed by atoms with Gasteiger partial charge in [-0.2, -0.15) is 0 Å². The average Bonchev–Trinajstić information content (AvgIpc) is 3.81. The predicted octanol–water partition coefficient (Wildman–Crippen LogP) is 4.99. The Hall–Kier alpha value is -4.02. The van der Waals surface area contributed by atoms with E-state index in [0.717, 1.165) is 42.7 Å². The van der Waals surface area contributed by atoms with Gasteiger partial charge in [-0.15, -0.1) is 0 Å². The number of urea groups is 1. The molecule has 1 saturated heterocycles. The molecule has 13 heteroatoms. The molecular weight excluding hydrogens is 633 g/mol. The molecule has 0 spiro atoms. The first kappa shape index (κ1) is 31.4. The number of hydrogen-bond acceptors (Lipinski definition) is 6. The van der Waals surface area contributed by atoms with Crippen LogP contribution in [0.1, 0.15) is 12.8 Å². The summed E-state index contributed by atoms with van der Waals surface area (Å²) in [6, 6.07) is 11.7. The van der Waals surface area contributed by atoms with Gasteiger partial charge in [0.1, 0.15) is 17.0 Å². The van der Waals surface area contributed by atoms with Crippen LogP contribution in [0.3, 0.4) is 0 Å². The molecule has 3 N–H and O–H groups in total. The Morgan fingerprint density at radius 2 is 1.68 bits per heavy atom. The summed E-state index contributed by atoms with van der Waals surface area (Å²) in [5, 5.41) is 4.07. The minimum absolute atomic E-state index is 0.123. The second-order valence-corrected chi connectivity index (χ2v) is 16.7. The van der Waals surface area contributed by atoms with Crippen LogP contribution in [0.25, 0.3) is 0 Å². The Morgan fingerprint density at radius 3 is 2.30 bits per heavy atom. The number of aromatic nitrogens is 1. The molecule has 5 rings (SSSR count). The molecule has 0 bridgehead atoms. The standard InChI is InChI=1S/C31H35AsF2N6O4/c1-32(2)12-14-38-15-17-39(18-16-38)30(43)37-27-20-24(9-13-36-27)44-23-7-8-26(25(34)19-23)40(22-5-3-21(33)4-6-22)29(42)31(10-11-31)28(35)41/h3-9,13,19-20H,10-12,14-18H2,1-2H3,(H2,35,41)(H,36,37,43). The van der Waals surface area contributed by atoms with E-state index in [9.17, 15) is 18.8 Å². The first-order valence-corrected chi connectivity index (χ1v) is 19.4. The number of benzene rings is 2. The fraction of sp³-hybridized carbons (Fsp3) is 0.355. The Balaban J connectivity index is 1.27. The summed E-state index contributed by atoms with van der Waals surface area (Å²) in [6.45, 7) is 4.01. The van der Waals surface area contributed by atoms with Crippen molar-refractivity contribution < 1.29 is 27.9 Å². The van der Waals surface area contributed by atoms with Crippen molar-refractivity contribution in [2.75, 3.05) is 42.9 Å². The number of rotatable bonds is 10. The number of amides is 4. The number of carbonyl (C=O) groups is 3. The number of halogens is 2. The average molecular weight is 669 g/mol. The zero-order valence-electron chi connectivity index (χ0n) is 24.6. The normalized spacial score (nSPS) is 16.0. The number of nitrogens with two attached hydrogens (primary N) is 1. The first-order valence-electron chi connectivity index (χ1n) is 14.3. The third-order valence-electron chi connectivity index (χ3n) is 7.80. The van der Waals surface area contributed by atoms with Crippen molar-refractivity contribution in [2.45, 2.75) is 29.5 Å². The zero-order valence-corrected chi connectivity index (χ0v) is 26.5. The van der Waals surface area contributed by atoms with Crippen LogP contribution in [0, 0.1) is 17.0 Å². The molecule has 3 aromatic rings. The minimum atomic E-state index is -1.43. The molecule has 1 saturated carbocycles. The Morgan fingerprint density at radius 1 is 1.00 bits per heavy atom. The van der Waals surface area contributed by atoms with Gasteiger partial charge in [-0.05, 0) is 49.2 Å². The summed E-state index contributed by atoms with van der Waals surface area (Å²) in [4.78, 5) is 47.8. The molecule has 2 aromatic carbocycles. The molecule has 0 radical (unpaired) electrons. The number of hydrogen-bond donors (Lipinski definition) is 2. The van der Waals surface area contributed by atoms with Crippen LogP contribution in [-0.4, -0.2) is 80.0 Å². The fourth-order valence-electron chi connectivity index (χ4n) is 4.98. The molecule has 44 heavy (non-hydrogen) atoms. The van der Waals surface area contributed by atoms with Crippen molar-refractivity contribution in [3.05, 3.63) is 72.4 Å². The van der Waals surface area contributed by atoms with Crippen LogP contribution in [0.5, 0.6) is 11.5 Å². The van der Waals surface area contributed by atoms with Crippen LogP contribution in [0.2, 0.25) is 16.6 Å². The van der Waals surface area contributed by atoms with Gasteiger partial charge in [-0.3, -0.25) is 14.5 Å². The molecule has 4 amide bonds. The van der Waals surface area contributed by atoms with E-state index in [4.69, 9.17) is 10.5 Å².